The third-order valence-corrected chi connectivity index (χ3v) is 7.29. The Kier molecular flexibility index (Phi) is 3.11. The zero-order valence-electron chi connectivity index (χ0n) is 14.6. The lowest BCUT2D eigenvalue weighted by Gasteiger charge is -2.57. The fraction of sp³-hybridized carbons (Fsp3) is 0.478. The van der Waals surface area contributed by atoms with Gasteiger partial charge in [0.25, 0.3) is 0 Å². The summed E-state index contributed by atoms with van der Waals surface area (Å²) in [5, 5.41) is 4.12. The Labute approximate surface area is 145 Å². The van der Waals surface area contributed by atoms with Crippen molar-refractivity contribution < 1.29 is 0 Å². The molecule has 0 radical (unpaired) electrons. The zero-order valence-corrected chi connectivity index (χ0v) is 14.6. The highest BCUT2D eigenvalue weighted by atomic mass is 15.1. The van der Waals surface area contributed by atoms with Crippen LogP contribution < -0.4 is 5.32 Å². The maximum absolute atomic E-state index is 4.12. The topological polar surface area (TPSA) is 12.0 Å². The molecule has 0 amide bonds. The highest BCUT2D eigenvalue weighted by molar-refractivity contribution is 5.71. The van der Waals surface area contributed by atoms with Gasteiger partial charge in [-0.3, -0.25) is 0 Å². The summed E-state index contributed by atoms with van der Waals surface area (Å²) in [5.74, 6) is 0.829. The Morgan fingerprint density at radius 3 is 2.58 bits per heavy atom. The van der Waals surface area contributed by atoms with Crippen LogP contribution in [0.15, 0.2) is 48.5 Å². The number of hydrogen-bond donors (Lipinski definition) is 1. The van der Waals surface area contributed by atoms with Crippen molar-refractivity contribution in [3.63, 3.8) is 0 Å². The lowest BCUT2D eigenvalue weighted by atomic mass is 9.48. The number of anilines is 1. The molecule has 24 heavy (non-hydrogen) atoms. The summed E-state index contributed by atoms with van der Waals surface area (Å²) >= 11 is 0. The maximum atomic E-state index is 4.12. The summed E-state index contributed by atoms with van der Waals surface area (Å²) in [6.07, 6.45) is 9.56. The van der Waals surface area contributed by atoms with E-state index in [2.05, 4.69) is 60.8 Å². The van der Waals surface area contributed by atoms with Crippen LogP contribution >= 0.6 is 0 Å². The van der Waals surface area contributed by atoms with Gasteiger partial charge in [0.05, 0.1) is 5.54 Å². The molecule has 1 N–H and O–H groups in total. The van der Waals surface area contributed by atoms with Crippen molar-refractivity contribution in [2.24, 2.45) is 5.92 Å². The number of rotatable bonds is 1. The molecule has 1 nitrogen and oxygen atoms in total. The van der Waals surface area contributed by atoms with Crippen LogP contribution in [0.4, 0.5) is 5.69 Å². The lowest BCUT2D eigenvalue weighted by Crippen LogP contribution is -2.57. The van der Waals surface area contributed by atoms with E-state index in [-0.39, 0.29) is 5.54 Å². The molecular formula is C23H27N. The largest absolute Gasteiger partial charge is 0.374 e. The average Bonchev–Trinajstić information content (AvgIpc) is 2.94. The number of benzene rings is 2. The van der Waals surface area contributed by atoms with Gasteiger partial charge in [-0.15, -0.1) is 0 Å². The standard InChI is InChI=1S/C23H27N/c1-17-9-7-14-20-21(17)24-23(19-11-3-2-4-12-19)16-8-13-18-10-5-6-15-22(18,20)23/h2-4,7,9,11-12,14,18,24H,5-6,8,10,13,15-16H2,1H3. The maximum Gasteiger partial charge on any atom is 0.0725 e. The van der Waals surface area contributed by atoms with Gasteiger partial charge in [0, 0.05) is 11.1 Å². The molecule has 124 valence electrons. The highest BCUT2D eigenvalue weighted by Gasteiger charge is 2.63. The predicted octanol–water partition coefficient (Wildman–Crippen LogP) is 5.93. The van der Waals surface area contributed by atoms with E-state index >= 15 is 0 Å². The Morgan fingerprint density at radius 2 is 1.71 bits per heavy atom. The zero-order chi connectivity index (χ0) is 16.2. The van der Waals surface area contributed by atoms with Gasteiger partial charge in [0.2, 0.25) is 0 Å². The van der Waals surface area contributed by atoms with E-state index in [1.165, 1.54) is 61.8 Å². The van der Waals surface area contributed by atoms with Gasteiger partial charge >= 0.3 is 0 Å². The molecule has 0 aromatic heterocycles. The van der Waals surface area contributed by atoms with Crippen LogP contribution in [0.5, 0.6) is 0 Å². The summed E-state index contributed by atoms with van der Waals surface area (Å²) in [5.41, 5.74) is 6.38. The van der Waals surface area contributed by atoms with Crippen molar-refractivity contribution in [2.45, 2.75) is 62.8 Å². The molecule has 2 aromatic carbocycles. The van der Waals surface area contributed by atoms with Gasteiger partial charge in [0.15, 0.2) is 0 Å². The molecule has 2 saturated carbocycles. The molecule has 1 heteroatoms. The molecule has 1 heterocycles. The van der Waals surface area contributed by atoms with Crippen molar-refractivity contribution in [3.8, 4) is 0 Å². The third kappa shape index (κ3) is 1.66. The number of nitrogens with one attached hydrogen (secondary N) is 1. The summed E-state index contributed by atoms with van der Waals surface area (Å²) < 4.78 is 0. The number of fused-ring (bicyclic) bond motifs is 1. The minimum absolute atomic E-state index is 0.103. The monoisotopic (exact) mass is 317 g/mol. The van der Waals surface area contributed by atoms with E-state index in [9.17, 15) is 0 Å². The summed E-state index contributed by atoms with van der Waals surface area (Å²) in [7, 11) is 0. The molecular weight excluding hydrogens is 290 g/mol. The molecule has 0 saturated heterocycles. The molecule has 3 atom stereocenters. The highest BCUT2D eigenvalue weighted by Crippen LogP contribution is 2.66. The van der Waals surface area contributed by atoms with Crippen LogP contribution in [-0.4, -0.2) is 0 Å². The molecule has 2 aliphatic carbocycles. The minimum atomic E-state index is 0.103. The van der Waals surface area contributed by atoms with Crippen LogP contribution in [0, 0.1) is 12.8 Å². The van der Waals surface area contributed by atoms with E-state index < -0.39 is 0 Å². The SMILES string of the molecule is Cc1cccc2c1NC1(c3ccccc3)CCCC3CCCCC231. The Bertz CT molecular complexity index is 763. The average molecular weight is 317 g/mol. The first-order valence-electron chi connectivity index (χ1n) is 9.72. The van der Waals surface area contributed by atoms with Crippen LogP contribution in [0.25, 0.3) is 0 Å². The second-order valence-corrected chi connectivity index (χ2v) is 8.20. The summed E-state index contributed by atoms with van der Waals surface area (Å²) in [6, 6.07) is 18.3. The van der Waals surface area contributed by atoms with E-state index in [0.717, 1.165) is 5.92 Å². The van der Waals surface area contributed by atoms with Crippen LogP contribution in [-0.2, 0) is 11.0 Å². The van der Waals surface area contributed by atoms with Crippen molar-refractivity contribution in [1.82, 2.24) is 0 Å². The van der Waals surface area contributed by atoms with E-state index in [0.29, 0.717) is 5.41 Å². The van der Waals surface area contributed by atoms with Crippen molar-refractivity contribution in [1.29, 1.82) is 0 Å². The van der Waals surface area contributed by atoms with Crippen LogP contribution in [0.2, 0.25) is 0 Å². The first-order chi connectivity index (χ1) is 11.8. The second kappa shape index (κ2) is 5.12. The number of aryl methyl sites for hydroxylation is 1. The van der Waals surface area contributed by atoms with Crippen LogP contribution in [0.3, 0.4) is 0 Å². The lowest BCUT2D eigenvalue weighted by molar-refractivity contribution is 0.0565. The number of para-hydroxylation sites is 1. The Hall–Kier alpha value is -1.76. The van der Waals surface area contributed by atoms with Gasteiger partial charge in [-0.2, -0.15) is 0 Å². The van der Waals surface area contributed by atoms with Gasteiger partial charge in [-0.25, -0.2) is 0 Å². The van der Waals surface area contributed by atoms with Gasteiger partial charge in [0.1, 0.15) is 0 Å². The fourth-order valence-corrected chi connectivity index (χ4v) is 6.41. The van der Waals surface area contributed by atoms with Crippen molar-refractivity contribution >= 4 is 5.69 Å². The van der Waals surface area contributed by atoms with E-state index in [4.69, 9.17) is 0 Å². The van der Waals surface area contributed by atoms with Crippen molar-refractivity contribution in [3.05, 3.63) is 65.2 Å². The Balaban J connectivity index is 1.81. The Morgan fingerprint density at radius 1 is 0.875 bits per heavy atom. The van der Waals surface area contributed by atoms with E-state index in [1.807, 2.05) is 0 Å². The van der Waals surface area contributed by atoms with Gasteiger partial charge < -0.3 is 5.32 Å². The minimum Gasteiger partial charge on any atom is -0.374 e. The first-order valence-corrected chi connectivity index (χ1v) is 9.72. The van der Waals surface area contributed by atoms with Crippen LogP contribution in [0.1, 0.15) is 61.6 Å². The molecule has 2 fully saturated rings. The van der Waals surface area contributed by atoms with Crippen molar-refractivity contribution in [2.75, 3.05) is 5.32 Å². The third-order valence-electron chi connectivity index (χ3n) is 7.29. The molecule has 3 aliphatic rings. The molecule has 1 spiro atoms. The molecule has 2 aromatic rings. The quantitative estimate of drug-likeness (QED) is 0.687. The predicted molar refractivity (Wildman–Crippen MR) is 100 cm³/mol. The fourth-order valence-electron chi connectivity index (χ4n) is 6.41. The normalized spacial score (nSPS) is 34.0. The summed E-state index contributed by atoms with van der Waals surface area (Å²) in [6.45, 7) is 2.27. The molecule has 3 unspecified atom stereocenters. The van der Waals surface area contributed by atoms with E-state index in [1.54, 1.807) is 5.56 Å². The summed E-state index contributed by atoms with van der Waals surface area (Å²) in [4.78, 5) is 0. The smallest absolute Gasteiger partial charge is 0.0725 e. The molecule has 1 aliphatic heterocycles. The molecule has 0 bridgehead atoms. The number of hydrogen-bond acceptors (Lipinski definition) is 1. The van der Waals surface area contributed by atoms with Gasteiger partial charge in [-0.05, 0) is 55.2 Å². The second-order valence-electron chi connectivity index (χ2n) is 8.20. The molecule has 5 rings (SSSR count). The first kappa shape index (κ1) is 14.6. The van der Waals surface area contributed by atoms with Gasteiger partial charge in [-0.1, -0.05) is 67.8 Å².